The van der Waals surface area contributed by atoms with Gasteiger partial charge in [0, 0.05) is 5.56 Å². The van der Waals surface area contributed by atoms with Crippen molar-refractivity contribution in [2.24, 2.45) is 0 Å². The first-order valence-corrected chi connectivity index (χ1v) is 8.63. The first kappa shape index (κ1) is 16.9. The predicted molar refractivity (Wildman–Crippen MR) is 87.0 cm³/mol. The summed E-state index contributed by atoms with van der Waals surface area (Å²) in [6.07, 6.45) is 0.421. The molecule has 2 aromatic rings. The van der Waals surface area contributed by atoms with E-state index in [2.05, 4.69) is 0 Å². The maximum atomic E-state index is 14.5. The Labute approximate surface area is 143 Å². The molecule has 0 aromatic heterocycles. The van der Waals surface area contributed by atoms with Crippen molar-refractivity contribution in [2.45, 2.75) is 6.61 Å². The number of amides is 1. The van der Waals surface area contributed by atoms with Crippen LogP contribution in [0.5, 0.6) is 5.75 Å². The van der Waals surface area contributed by atoms with E-state index in [1.165, 1.54) is 6.07 Å². The van der Waals surface area contributed by atoms with E-state index in [9.17, 15) is 22.4 Å². The van der Waals surface area contributed by atoms with Gasteiger partial charge in [0.25, 0.3) is 5.91 Å². The number of nitrogens with one attached hydrogen (secondary N) is 1. The molecule has 2 aromatic carbocycles. The molecule has 1 saturated heterocycles. The molecular formula is C16H13FN2O5S. The highest BCUT2D eigenvalue weighted by Crippen LogP contribution is 2.35. The number of carbonyl (C=O) groups excluding carboxylic acids is 2. The van der Waals surface area contributed by atoms with Gasteiger partial charge in [-0.15, -0.1) is 0 Å². The standard InChI is InChI=1S/C16H13FN2O5S/c17-13-6-12(9-20)7-14(24-10-11-4-2-1-3-5-11)16(13)19-8-15(21)18-25(19,22)23/h1-7,9H,8,10H2,(H,18,21). The Morgan fingerprint density at radius 1 is 1.24 bits per heavy atom. The molecule has 1 heterocycles. The van der Waals surface area contributed by atoms with Crippen LogP contribution in [0.1, 0.15) is 15.9 Å². The maximum Gasteiger partial charge on any atom is 0.326 e. The second-order valence-corrected chi connectivity index (χ2v) is 6.87. The van der Waals surface area contributed by atoms with Crippen molar-refractivity contribution in [1.82, 2.24) is 4.72 Å². The highest BCUT2D eigenvalue weighted by Gasteiger charge is 2.37. The fourth-order valence-corrected chi connectivity index (χ4v) is 3.56. The van der Waals surface area contributed by atoms with Crippen molar-refractivity contribution in [3.63, 3.8) is 0 Å². The predicted octanol–water partition coefficient (Wildman–Crippen LogP) is 1.40. The molecule has 1 amide bonds. The van der Waals surface area contributed by atoms with Crippen molar-refractivity contribution in [2.75, 3.05) is 10.8 Å². The van der Waals surface area contributed by atoms with Crippen LogP contribution in [-0.4, -0.2) is 27.2 Å². The van der Waals surface area contributed by atoms with Crippen molar-refractivity contribution in [3.05, 3.63) is 59.4 Å². The molecule has 3 rings (SSSR count). The second kappa shape index (κ2) is 6.52. The van der Waals surface area contributed by atoms with Gasteiger partial charge in [0.15, 0.2) is 5.82 Å². The molecule has 1 fully saturated rings. The summed E-state index contributed by atoms with van der Waals surface area (Å²) in [6, 6.07) is 11.1. The number of hydrogen-bond acceptors (Lipinski definition) is 5. The zero-order valence-electron chi connectivity index (χ0n) is 12.8. The molecule has 0 bridgehead atoms. The van der Waals surface area contributed by atoms with Crippen LogP contribution in [-0.2, 0) is 21.6 Å². The van der Waals surface area contributed by atoms with Gasteiger partial charge in [-0.2, -0.15) is 8.42 Å². The minimum atomic E-state index is -4.21. The topological polar surface area (TPSA) is 92.8 Å². The van der Waals surface area contributed by atoms with Gasteiger partial charge in [0.05, 0.1) is 0 Å². The van der Waals surface area contributed by atoms with E-state index in [4.69, 9.17) is 4.74 Å². The summed E-state index contributed by atoms with van der Waals surface area (Å²) in [5.41, 5.74) is 0.337. The lowest BCUT2D eigenvalue weighted by molar-refractivity contribution is -0.117. The molecule has 1 aliphatic rings. The second-order valence-electron chi connectivity index (χ2n) is 5.28. The van der Waals surface area contributed by atoms with Crippen LogP contribution in [0.2, 0.25) is 0 Å². The molecule has 7 nitrogen and oxygen atoms in total. The third-order valence-electron chi connectivity index (χ3n) is 3.49. The maximum absolute atomic E-state index is 14.5. The highest BCUT2D eigenvalue weighted by molar-refractivity contribution is 7.92. The molecule has 130 valence electrons. The largest absolute Gasteiger partial charge is 0.487 e. The monoisotopic (exact) mass is 364 g/mol. The SMILES string of the molecule is O=Cc1cc(F)c(N2CC(=O)NS2(=O)=O)c(OCc2ccccc2)c1. The van der Waals surface area contributed by atoms with Gasteiger partial charge in [-0.3, -0.25) is 9.59 Å². The molecule has 0 radical (unpaired) electrons. The van der Waals surface area contributed by atoms with Crippen molar-refractivity contribution < 1.29 is 27.1 Å². The minimum absolute atomic E-state index is 0.0137. The Hall–Kier alpha value is -2.94. The van der Waals surface area contributed by atoms with Crippen LogP contribution in [0.25, 0.3) is 0 Å². The number of nitrogens with zero attached hydrogens (tertiary/aromatic N) is 1. The van der Waals surface area contributed by atoms with Crippen LogP contribution in [0.3, 0.4) is 0 Å². The Balaban J connectivity index is 2.02. The number of ether oxygens (including phenoxy) is 1. The smallest absolute Gasteiger partial charge is 0.326 e. The van der Waals surface area contributed by atoms with Gasteiger partial charge in [-0.1, -0.05) is 30.3 Å². The average molecular weight is 364 g/mol. The molecule has 0 saturated carbocycles. The molecule has 9 heteroatoms. The van der Waals surface area contributed by atoms with Gasteiger partial charge in [-0.25, -0.2) is 13.4 Å². The number of hydrogen-bond donors (Lipinski definition) is 1. The number of aldehydes is 1. The van der Waals surface area contributed by atoms with E-state index in [0.29, 0.717) is 10.6 Å². The van der Waals surface area contributed by atoms with Crippen LogP contribution in [0.4, 0.5) is 10.1 Å². The number of anilines is 1. The van der Waals surface area contributed by atoms with Crippen LogP contribution in [0, 0.1) is 5.82 Å². The number of carbonyl (C=O) groups is 2. The lowest BCUT2D eigenvalue weighted by Gasteiger charge is -2.20. The Morgan fingerprint density at radius 2 is 1.96 bits per heavy atom. The summed E-state index contributed by atoms with van der Waals surface area (Å²) >= 11 is 0. The molecule has 1 aliphatic heterocycles. The van der Waals surface area contributed by atoms with E-state index < -0.39 is 34.2 Å². The van der Waals surface area contributed by atoms with Gasteiger partial charge in [0.1, 0.15) is 30.9 Å². The fourth-order valence-electron chi connectivity index (χ4n) is 2.40. The third-order valence-corrected chi connectivity index (χ3v) is 4.87. The average Bonchev–Trinajstić information content (AvgIpc) is 2.85. The molecular weight excluding hydrogens is 351 g/mol. The normalized spacial score (nSPS) is 15.7. The van der Waals surface area contributed by atoms with Gasteiger partial charge >= 0.3 is 10.2 Å². The van der Waals surface area contributed by atoms with Crippen molar-refractivity contribution in [1.29, 1.82) is 0 Å². The molecule has 1 N–H and O–H groups in total. The van der Waals surface area contributed by atoms with E-state index in [1.807, 2.05) is 6.07 Å². The molecule has 25 heavy (non-hydrogen) atoms. The van der Waals surface area contributed by atoms with Gasteiger partial charge in [-0.05, 0) is 17.7 Å². The summed E-state index contributed by atoms with van der Waals surface area (Å²) in [7, 11) is -4.21. The van der Waals surface area contributed by atoms with Crippen molar-refractivity contribution in [3.8, 4) is 5.75 Å². The van der Waals surface area contributed by atoms with Crippen molar-refractivity contribution >= 4 is 28.1 Å². The van der Waals surface area contributed by atoms with E-state index >= 15 is 0 Å². The molecule has 0 spiro atoms. The first-order chi connectivity index (χ1) is 11.9. The highest BCUT2D eigenvalue weighted by atomic mass is 32.2. The quantitative estimate of drug-likeness (QED) is 0.810. The van der Waals surface area contributed by atoms with Crippen LogP contribution in [0.15, 0.2) is 42.5 Å². The van der Waals surface area contributed by atoms with E-state index in [0.717, 1.165) is 11.6 Å². The fraction of sp³-hybridized carbons (Fsp3) is 0.125. The number of halogens is 1. The summed E-state index contributed by atoms with van der Waals surface area (Å²) in [5.74, 6) is -1.91. The third kappa shape index (κ3) is 3.45. The van der Waals surface area contributed by atoms with Gasteiger partial charge < -0.3 is 4.74 Å². The summed E-state index contributed by atoms with van der Waals surface area (Å²) < 4.78 is 46.4. The van der Waals surface area contributed by atoms with Gasteiger partial charge in [0.2, 0.25) is 0 Å². The lowest BCUT2D eigenvalue weighted by atomic mass is 10.2. The number of rotatable bonds is 5. The van der Waals surface area contributed by atoms with Crippen LogP contribution < -0.4 is 13.8 Å². The zero-order valence-corrected chi connectivity index (χ0v) is 13.6. The number of benzene rings is 2. The summed E-state index contributed by atoms with van der Waals surface area (Å²) in [5, 5.41) is 0. The first-order valence-electron chi connectivity index (χ1n) is 7.19. The zero-order chi connectivity index (χ0) is 18.0. The summed E-state index contributed by atoms with van der Waals surface area (Å²) in [6.45, 7) is -0.535. The Morgan fingerprint density at radius 3 is 2.56 bits per heavy atom. The van der Waals surface area contributed by atoms with E-state index in [1.54, 1.807) is 29.0 Å². The molecule has 0 unspecified atom stereocenters. The lowest BCUT2D eigenvalue weighted by Crippen LogP contribution is -2.30. The Bertz CT molecular complexity index is 931. The summed E-state index contributed by atoms with van der Waals surface area (Å²) in [4.78, 5) is 22.4. The molecule has 0 aliphatic carbocycles. The Kier molecular flexibility index (Phi) is 4.41. The van der Waals surface area contributed by atoms with Crippen LogP contribution >= 0.6 is 0 Å². The van der Waals surface area contributed by atoms with E-state index in [-0.39, 0.29) is 17.9 Å². The molecule has 0 atom stereocenters. The minimum Gasteiger partial charge on any atom is -0.487 e.